The van der Waals surface area contributed by atoms with E-state index in [2.05, 4.69) is 4.99 Å². The van der Waals surface area contributed by atoms with Gasteiger partial charge in [0.15, 0.2) is 0 Å². The van der Waals surface area contributed by atoms with Gasteiger partial charge < -0.3 is 14.8 Å². The zero-order chi connectivity index (χ0) is 13.7. The fourth-order valence-electron chi connectivity index (χ4n) is 1.32. The van der Waals surface area contributed by atoms with Crippen molar-refractivity contribution in [2.75, 3.05) is 0 Å². The summed E-state index contributed by atoms with van der Waals surface area (Å²) in [6.07, 6.45) is 1.01. The topological polar surface area (TPSA) is 96.2 Å². The van der Waals surface area contributed by atoms with Gasteiger partial charge in [-0.2, -0.15) is 4.99 Å². The molecule has 7 heteroatoms. The lowest BCUT2D eigenvalue weighted by atomic mass is 9.78. The second-order valence-corrected chi connectivity index (χ2v) is 3.80. The molecule has 6 nitrogen and oxygen atoms in total. The van der Waals surface area contributed by atoms with Crippen molar-refractivity contribution in [3.05, 3.63) is 23.8 Å². The van der Waals surface area contributed by atoms with Gasteiger partial charge in [-0.1, -0.05) is 6.07 Å². The van der Waals surface area contributed by atoms with Crippen LogP contribution in [0.5, 0.6) is 0 Å². The van der Waals surface area contributed by atoms with Crippen molar-refractivity contribution >= 4 is 30.3 Å². The van der Waals surface area contributed by atoms with Crippen LogP contribution in [0, 0.1) is 0 Å². The van der Waals surface area contributed by atoms with E-state index in [-0.39, 0.29) is 22.8 Å². The smallest absolute Gasteiger partial charge is 0.459 e. The van der Waals surface area contributed by atoms with Crippen LogP contribution in [0.1, 0.15) is 24.2 Å². The van der Waals surface area contributed by atoms with Gasteiger partial charge in [-0.15, -0.1) is 0 Å². The molecule has 0 atom stereocenters. The molecule has 0 unspecified atom stereocenters. The lowest BCUT2D eigenvalue weighted by molar-refractivity contribution is 0.0378. The number of hydrogen-bond acceptors (Lipinski definition) is 6. The Morgan fingerprint density at radius 2 is 2.11 bits per heavy atom. The van der Waals surface area contributed by atoms with Crippen LogP contribution in [0.25, 0.3) is 0 Å². The zero-order valence-electron chi connectivity index (χ0n) is 9.95. The molecule has 0 heterocycles. The Kier molecular flexibility index (Phi) is 4.80. The number of carbonyl (C=O) groups is 1. The molecule has 0 saturated heterocycles. The predicted octanol–water partition coefficient (Wildman–Crippen LogP) is -0.101. The number of nitrogens with zero attached hydrogens (tertiary/aromatic N) is 1. The van der Waals surface area contributed by atoms with Crippen molar-refractivity contribution in [1.82, 2.24) is 0 Å². The summed E-state index contributed by atoms with van der Waals surface area (Å²) in [5.41, 5.74) is 0.153. The van der Waals surface area contributed by atoms with Gasteiger partial charge >= 0.3 is 13.1 Å². The normalized spacial score (nSPS) is 9.83. The fourth-order valence-corrected chi connectivity index (χ4v) is 1.32. The molecule has 1 rings (SSSR count). The minimum Gasteiger partial charge on any atom is -0.459 e. The third kappa shape index (κ3) is 3.53. The van der Waals surface area contributed by atoms with E-state index in [1.54, 1.807) is 13.8 Å². The van der Waals surface area contributed by atoms with Crippen molar-refractivity contribution in [2.24, 2.45) is 4.99 Å². The molecule has 0 aliphatic heterocycles. The summed E-state index contributed by atoms with van der Waals surface area (Å²) in [6.45, 7) is 3.41. The lowest BCUT2D eigenvalue weighted by Crippen LogP contribution is -2.30. The van der Waals surface area contributed by atoms with E-state index in [0.717, 1.165) is 0 Å². The molecule has 18 heavy (non-hydrogen) atoms. The molecule has 0 spiro atoms. The van der Waals surface area contributed by atoms with E-state index in [1.807, 2.05) is 0 Å². The number of ether oxygens (including phenoxy) is 1. The van der Waals surface area contributed by atoms with E-state index in [1.165, 1.54) is 24.3 Å². The standard InChI is InChI=1S/C11H12BNO5/c1-7(2)18-11(15)8-3-4-9(12(16)17)10(5-8)13-6-14/h3-5,7,16-17H,1-2H3. The van der Waals surface area contributed by atoms with E-state index >= 15 is 0 Å². The Balaban J connectivity index is 3.14. The van der Waals surface area contributed by atoms with Crippen LogP contribution < -0.4 is 5.46 Å². The first-order valence-electron chi connectivity index (χ1n) is 5.24. The number of esters is 1. The molecular formula is C11H12BNO5. The van der Waals surface area contributed by atoms with E-state index in [4.69, 9.17) is 14.8 Å². The molecule has 1 aromatic carbocycles. The summed E-state index contributed by atoms with van der Waals surface area (Å²) < 4.78 is 4.97. The Bertz CT molecular complexity index is 494. The summed E-state index contributed by atoms with van der Waals surface area (Å²) in [7, 11) is -1.78. The van der Waals surface area contributed by atoms with Gasteiger partial charge in [-0.05, 0) is 26.0 Å². The Morgan fingerprint density at radius 1 is 1.44 bits per heavy atom. The maximum absolute atomic E-state index is 11.6. The SMILES string of the molecule is CC(C)OC(=O)c1ccc(B(O)O)c(N=C=O)c1. The van der Waals surface area contributed by atoms with Gasteiger partial charge in [0, 0.05) is 5.46 Å². The number of aliphatic imine (C=N–C) groups is 1. The van der Waals surface area contributed by atoms with Crippen LogP contribution in [0.2, 0.25) is 0 Å². The number of carbonyl (C=O) groups excluding carboxylic acids is 2. The molecule has 0 aliphatic carbocycles. The Morgan fingerprint density at radius 3 is 2.61 bits per heavy atom. The highest BCUT2D eigenvalue weighted by Gasteiger charge is 2.18. The van der Waals surface area contributed by atoms with E-state index in [9.17, 15) is 9.59 Å². The average molecular weight is 249 g/mol. The molecule has 0 aromatic heterocycles. The summed E-state index contributed by atoms with van der Waals surface area (Å²) in [5, 5.41) is 18.1. The molecule has 0 amide bonds. The Labute approximate surface area is 104 Å². The monoisotopic (exact) mass is 249 g/mol. The summed E-state index contributed by atoms with van der Waals surface area (Å²) in [4.78, 5) is 25.2. The molecule has 0 saturated carbocycles. The van der Waals surface area contributed by atoms with Crippen LogP contribution in [0.15, 0.2) is 23.2 Å². The van der Waals surface area contributed by atoms with Gasteiger partial charge in [0.2, 0.25) is 6.08 Å². The van der Waals surface area contributed by atoms with Gasteiger partial charge in [0.05, 0.1) is 17.4 Å². The minimum atomic E-state index is -1.78. The average Bonchev–Trinajstić information content (AvgIpc) is 2.28. The third-order valence-corrected chi connectivity index (χ3v) is 2.05. The predicted molar refractivity (Wildman–Crippen MR) is 64.6 cm³/mol. The number of isocyanates is 1. The van der Waals surface area contributed by atoms with Crippen LogP contribution >= 0.6 is 0 Å². The molecule has 1 aromatic rings. The second-order valence-electron chi connectivity index (χ2n) is 3.80. The molecule has 2 N–H and O–H groups in total. The molecule has 0 fully saturated rings. The van der Waals surface area contributed by atoms with Crippen molar-refractivity contribution in [3.63, 3.8) is 0 Å². The molecular weight excluding hydrogens is 237 g/mol. The highest BCUT2D eigenvalue weighted by Crippen LogP contribution is 2.13. The second kappa shape index (κ2) is 6.11. The van der Waals surface area contributed by atoms with Crippen LogP contribution in [0.4, 0.5) is 5.69 Å². The summed E-state index contributed by atoms with van der Waals surface area (Å²) >= 11 is 0. The van der Waals surface area contributed by atoms with Crippen molar-refractivity contribution in [2.45, 2.75) is 20.0 Å². The maximum atomic E-state index is 11.6. The molecule has 0 radical (unpaired) electrons. The molecule has 0 aliphatic rings. The van der Waals surface area contributed by atoms with Crippen LogP contribution in [-0.4, -0.2) is 35.3 Å². The lowest BCUT2D eigenvalue weighted by Gasteiger charge is -2.09. The number of hydrogen-bond donors (Lipinski definition) is 2. The fraction of sp³-hybridized carbons (Fsp3) is 0.273. The summed E-state index contributed by atoms with van der Waals surface area (Å²) in [5.74, 6) is -0.577. The maximum Gasteiger partial charge on any atom is 0.490 e. The first-order chi connectivity index (χ1) is 8.45. The Hall–Kier alpha value is -1.95. The first kappa shape index (κ1) is 14.1. The molecule has 0 bridgehead atoms. The van der Waals surface area contributed by atoms with Crippen molar-refractivity contribution < 1.29 is 24.4 Å². The number of rotatable bonds is 4. The summed E-state index contributed by atoms with van der Waals surface area (Å²) in [6, 6.07) is 3.89. The quantitative estimate of drug-likeness (QED) is 0.336. The van der Waals surface area contributed by atoms with Crippen molar-refractivity contribution in [1.29, 1.82) is 0 Å². The molecule has 94 valence electrons. The van der Waals surface area contributed by atoms with Crippen molar-refractivity contribution in [3.8, 4) is 0 Å². The van der Waals surface area contributed by atoms with Gasteiger partial charge in [0.25, 0.3) is 0 Å². The third-order valence-electron chi connectivity index (χ3n) is 2.05. The van der Waals surface area contributed by atoms with E-state index in [0.29, 0.717) is 0 Å². The zero-order valence-corrected chi connectivity index (χ0v) is 9.95. The minimum absolute atomic E-state index is 0.0134. The first-order valence-corrected chi connectivity index (χ1v) is 5.24. The van der Waals surface area contributed by atoms with Gasteiger partial charge in [-0.3, -0.25) is 0 Å². The van der Waals surface area contributed by atoms with Gasteiger partial charge in [-0.25, -0.2) is 9.59 Å². The van der Waals surface area contributed by atoms with Crippen LogP contribution in [-0.2, 0) is 9.53 Å². The largest absolute Gasteiger partial charge is 0.490 e. The van der Waals surface area contributed by atoms with Crippen LogP contribution in [0.3, 0.4) is 0 Å². The van der Waals surface area contributed by atoms with Gasteiger partial charge in [0.1, 0.15) is 0 Å². The highest BCUT2D eigenvalue weighted by molar-refractivity contribution is 6.60. The number of benzene rings is 1. The highest BCUT2D eigenvalue weighted by atomic mass is 16.5. The van der Waals surface area contributed by atoms with E-state index < -0.39 is 13.1 Å².